The van der Waals surface area contributed by atoms with Gasteiger partial charge in [0.25, 0.3) is 0 Å². The third kappa shape index (κ3) is 4.22. The summed E-state index contributed by atoms with van der Waals surface area (Å²) in [6, 6.07) is 15.3. The van der Waals surface area contributed by atoms with Crippen LogP contribution in [-0.2, 0) is 11.4 Å². The fraction of sp³-hybridized carbons (Fsp3) is 0.250. The predicted octanol–water partition coefficient (Wildman–Crippen LogP) is 4.51. The number of ether oxygens (including phenoxy) is 2. The summed E-state index contributed by atoms with van der Waals surface area (Å²) < 4.78 is 11.2. The molecule has 0 aromatic heterocycles. The number of ketones is 1. The molecule has 0 saturated heterocycles. The van der Waals surface area contributed by atoms with E-state index in [1.807, 2.05) is 56.3 Å². The Morgan fingerprint density at radius 3 is 2.39 bits per heavy atom. The minimum atomic E-state index is -0.0849. The summed E-state index contributed by atoms with van der Waals surface area (Å²) in [5, 5.41) is 0. The first-order chi connectivity index (χ1) is 11.0. The second-order valence-corrected chi connectivity index (χ2v) is 5.64. The Morgan fingerprint density at radius 2 is 1.78 bits per heavy atom. The van der Waals surface area contributed by atoms with Gasteiger partial charge in [0, 0.05) is 11.5 Å². The highest BCUT2D eigenvalue weighted by molar-refractivity contribution is 6.20. The van der Waals surface area contributed by atoms with Crippen molar-refractivity contribution in [2.75, 3.05) is 7.11 Å². The lowest BCUT2D eigenvalue weighted by Crippen LogP contribution is -2.08. The van der Waals surface area contributed by atoms with Gasteiger partial charge < -0.3 is 9.47 Å². The van der Waals surface area contributed by atoms with Crippen molar-refractivity contribution in [2.24, 2.45) is 5.92 Å². The lowest BCUT2D eigenvalue weighted by molar-refractivity contribution is -0.116. The fourth-order valence-electron chi connectivity index (χ4n) is 2.20. The zero-order valence-corrected chi connectivity index (χ0v) is 13.8. The summed E-state index contributed by atoms with van der Waals surface area (Å²) >= 11 is 0. The van der Waals surface area contributed by atoms with Crippen LogP contribution in [0.4, 0.5) is 0 Å². The molecule has 0 saturated carbocycles. The third-order valence-electron chi connectivity index (χ3n) is 3.57. The van der Waals surface area contributed by atoms with Gasteiger partial charge in [0.2, 0.25) is 0 Å². The van der Waals surface area contributed by atoms with Gasteiger partial charge in [-0.15, -0.1) is 0 Å². The van der Waals surface area contributed by atoms with E-state index in [1.165, 1.54) is 0 Å². The first kappa shape index (κ1) is 16.8. The van der Waals surface area contributed by atoms with Gasteiger partial charge >= 0.3 is 0 Å². The van der Waals surface area contributed by atoms with Gasteiger partial charge in [0.15, 0.2) is 17.3 Å². The van der Waals surface area contributed by atoms with Crippen LogP contribution in [0.5, 0.6) is 11.5 Å². The van der Waals surface area contributed by atoms with Crippen molar-refractivity contribution < 1.29 is 14.3 Å². The van der Waals surface area contributed by atoms with Gasteiger partial charge in [-0.1, -0.05) is 56.8 Å². The summed E-state index contributed by atoms with van der Waals surface area (Å²) in [7, 11) is 1.60. The summed E-state index contributed by atoms with van der Waals surface area (Å²) in [5.41, 5.74) is 2.32. The minimum absolute atomic E-state index is 0.0316. The van der Waals surface area contributed by atoms with Gasteiger partial charge in [0.05, 0.1) is 7.11 Å². The van der Waals surface area contributed by atoms with Crippen LogP contribution in [0, 0.1) is 5.92 Å². The molecule has 0 bridgehead atoms. The first-order valence-electron chi connectivity index (χ1n) is 7.61. The minimum Gasteiger partial charge on any atom is -0.493 e. The fourth-order valence-corrected chi connectivity index (χ4v) is 2.20. The molecule has 0 heterocycles. The van der Waals surface area contributed by atoms with Crippen LogP contribution >= 0.6 is 0 Å². The van der Waals surface area contributed by atoms with Crippen LogP contribution < -0.4 is 9.47 Å². The van der Waals surface area contributed by atoms with Crippen LogP contribution in [0.15, 0.2) is 55.1 Å². The highest BCUT2D eigenvalue weighted by atomic mass is 16.5. The molecule has 0 fully saturated rings. The molecule has 23 heavy (non-hydrogen) atoms. The molecule has 0 unspecified atom stereocenters. The van der Waals surface area contributed by atoms with Crippen molar-refractivity contribution in [1.82, 2.24) is 0 Å². The second-order valence-electron chi connectivity index (χ2n) is 5.64. The zero-order chi connectivity index (χ0) is 16.8. The Morgan fingerprint density at radius 1 is 1.09 bits per heavy atom. The van der Waals surface area contributed by atoms with Gasteiger partial charge in [-0.05, 0) is 23.3 Å². The van der Waals surface area contributed by atoms with E-state index in [2.05, 4.69) is 6.58 Å². The third-order valence-corrected chi connectivity index (χ3v) is 3.57. The monoisotopic (exact) mass is 310 g/mol. The average Bonchev–Trinajstić information content (AvgIpc) is 2.59. The zero-order valence-electron chi connectivity index (χ0n) is 13.8. The van der Waals surface area contributed by atoms with Gasteiger partial charge in [-0.25, -0.2) is 0 Å². The molecular weight excluding hydrogens is 288 g/mol. The molecule has 0 spiro atoms. The van der Waals surface area contributed by atoms with Crippen LogP contribution in [0.2, 0.25) is 0 Å². The molecular formula is C20H22O3. The Labute approximate surface area is 137 Å². The van der Waals surface area contributed by atoms with Crippen molar-refractivity contribution in [3.05, 3.63) is 66.2 Å². The number of rotatable bonds is 7. The maximum Gasteiger partial charge on any atom is 0.165 e. The van der Waals surface area contributed by atoms with E-state index >= 15 is 0 Å². The SMILES string of the molecule is C=C(C(=O)C(C)C)c1ccc(OC)c(OCc2ccccc2)c1. The molecule has 120 valence electrons. The van der Waals surface area contributed by atoms with E-state index in [-0.39, 0.29) is 11.7 Å². The van der Waals surface area contributed by atoms with Crippen LogP contribution in [0.1, 0.15) is 25.0 Å². The first-order valence-corrected chi connectivity index (χ1v) is 7.61. The van der Waals surface area contributed by atoms with E-state index < -0.39 is 0 Å². The largest absolute Gasteiger partial charge is 0.493 e. The topological polar surface area (TPSA) is 35.5 Å². The van der Waals surface area contributed by atoms with Gasteiger partial charge in [-0.2, -0.15) is 0 Å². The maximum absolute atomic E-state index is 12.1. The molecule has 0 atom stereocenters. The smallest absolute Gasteiger partial charge is 0.165 e. The van der Waals surface area contributed by atoms with Crippen LogP contribution in [0.3, 0.4) is 0 Å². The van der Waals surface area contributed by atoms with E-state index in [0.717, 1.165) is 11.1 Å². The molecule has 2 aromatic carbocycles. The molecule has 0 aliphatic heterocycles. The van der Waals surface area contributed by atoms with Crippen LogP contribution in [-0.4, -0.2) is 12.9 Å². The van der Waals surface area contributed by atoms with Crippen molar-refractivity contribution in [3.63, 3.8) is 0 Å². The van der Waals surface area contributed by atoms with E-state index in [1.54, 1.807) is 13.2 Å². The standard InChI is InChI=1S/C20H22O3/c1-14(2)20(21)15(3)17-10-11-18(22-4)19(12-17)23-13-16-8-6-5-7-9-16/h5-12,14H,3,13H2,1-2,4H3. The molecule has 0 aliphatic rings. The lowest BCUT2D eigenvalue weighted by Gasteiger charge is -2.14. The Hall–Kier alpha value is -2.55. The molecule has 2 aromatic rings. The molecule has 2 rings (SSSR count). The number of hydrogen-bond acceptors (Lipinski definition) is 3. The average molecular weight is 310 g/mol. The number of carbonyl (C=O) groups excluding carboxylic acids is 1. The second kappa shape index (κ2) is 7.63. The van der Waals surface area contributed by atoms with Gasteiger partial charge in [0.1, 0.15) is 6.61 Å². The number of hydrogen-bond donors (Lipinski definition) is 0. The number of Topliss-reactive ketones (excluding diaryl/α,β-unsaturated/α-hetero) is 1. The molecule has 0 amide bonds. The van der Waals surface area contributed by atoms with Crippen molar-refractivity contribution >= 4 is 11.4 Å². The number of allylic oxidation sites excluding steroid dienone is 1. The van der Waals surface area contributed by atoms with E-state index in [4.69, 9.17) is 9.47 Å². The highest BCUT2D eigenvalue weighted by Gasteiger charge is 2.15. The summed E-state index contributed by atoms with van der Waals surface area (Å²) in [5.74, 6) is 1.18. The molecule has 0 aliphatic carbocycles. The van der Waals surface area contributed by atoms with Crippen LogP contribution in [0.25, 0.3) is 5.57 Å². The van der Waals surface area contributed by atoms with Crippen molar-refractivity contribution in [2.45, 2.75) is 20.5 Å². The Bertz CT molecular complexity index is 687. The van der Waals surface area contributed by atoms with Gasteiger partial charge in [-0.3, -0.25) is 4.79 Å². The summed E-state index contributed by atoms with van der Waals surface area (Å²) in [4.78, 5) is 12.1. The quantitative estimate of drug-likeness (QED) is 0.706. The highest BCUT2D eigenvalue weighted by Crippen LogP contribution is 2.31. The van der Waals surface area contributed by atoms with Crippen molar-refractivity contribution in [1.29, 1.82) is 0 Å². The summed E-state index contributed by atoms with van der Waals surface area (Å²) in [6.07, 6.45) is 0. The maximum atomic E-state index is 12.1. The normalized spacial score (nSPS) is 10.4. The number of benzene rings is 2. The van der Waals surface area contributed by atoms with E-state index in [9.17, 15) is 4.79 Å². The Balaban J connectivity index is 2.22. The number of methoxy groups -OCH3 is 1. The molecule has 0 N–H and O–H groups in total. The lowest BCUT2D eigenvalue weighted by atomic mass is 9.96. The molecule has 3 nitrogen and oxygen atoms in total. The Kier molecular flexibility index (Phi) is 5.58. The molecule has 3 heteroatoms. The van der Waals surface area contributed by atoms with Crippen molar-refractivity contribution in [3.8, 4) is 11.5 Å². The number of carbonyl (C=O) groups is 1. The predicted molar refractivity (Wildman–Crippen MR) is 92.6 cm³/mol. The molecule has 0 radical (unpaired) electrons. The summed E-state index contributed by atoms with van der Waals surface area (Å²) in [6.45, 7) is 8.08. The van der Waals surface area contributed by atoms with E-state index in [0.29, 0.717) is 23.7 Å².